The van der Waals surface area contributed by atoms with Crippen molar-refractivity contribution in [3.63, 3.8) is 0 Å². The van der Waals surface area contributed by atoms with Gasteiger partial charge in [-0.1, -0.05) is 13.8 Å². The number of hydrogen-bond donors (Lipinski definition) is 2. The highest BCUT2D eigenvalue weighted by molar-refractivity contribution is 5.99. The van der Waals surface area contributed by atoms with Gasteiger partial charge in [0.2, 0.25) is 0 Å². The molecule has 0 saturated heterocycles. The highest BCUT2D eigenvalue weighted by Crippen LogP contribution is 2.21. The Balaban J connectivity index is 3.02. The van der Waals surface area contributed by atoms with Gasteiger partial charge in [-0.15, -0.1) is 0 Å². The minimum Gasteiger partial charge on any atom is -0.399 e. The summed E-state index contributed by atoms with van der Waals surface area (Å²) in [6.07, 6.45) is 0. The fourth-order valence-corrected chi connectivity index (χ4v) is 1.72. The Kier molecular flexibility index (Phi) is 5.45. The van der Waals surface area contributed by atoms with E-state index in [4.69, 9.17) is 10.5 Å². The Morgan fingerprint density at radius 3 is 2.65 bits per heavy atom. The van der Waals surface area contributed by atoms with Crippen LogP contribution in [0.15, 0.2) is 18.2 Å². The third-order valence-corrected chi connectivity index (χ3v) is 2.93. The summed E-state index contributed by atoms with van der Waals surface area (Å²) in [4.78, 5) is 22.5. The van der Waals surface area contributed by atoms with Crippen LogP contribution in [0.3, 0.4) is 0 Å². The van der Waals surface area contributed by atoms with Gasteiger partial charge in [0, 0.05) is 18.9 Å². The maximum atomic E-state index is 12.2. The van der Waals surface area contributed by atoms with Gasteiger partial charge >= 0.3 is 0 Å². The first kappa shape index (κ1) is 15.9. The first-order valence-electron chi connectivity index (χ1n) is 6.20. The van der Waals surface area contributed by atoms with Gasteiger partial charge in [-0.2, -0.15) is 0 Å². The zero-order valence-electron chi connectivity index (χ0n) is 11.8. The molecule has 0 aliphatic heterocycles. The largest absolute Gasteiger partial charge is 0.399 e. The molecule has 0 heterocycles. The predicted molar refractivity (Wildman–Crippen MR) is 75.5 cm³/mol. The first-order chi connectivity index (χ1) is 9.36. The monoisotopic (exact) mass is 281 g/mol. The van der Waals surface area contributed by atoms with Gasteiger partial charge in [-0.05, 0) is 18.1 Å². The fourth-order valence-electron chi connectivity index (χ4n) is 1.72. The third kappa shape index (κ3) is 3.92. The van der Waals surface area contributed by atoms with E-state index in [9.17, 15) is 14.9 Å². The van der Waals surface area contributed by atoms with Crippen molar-refractivity contribution in [1.82, 2.24) is 5.32 Å². The maximum absolute atomic E-state index is 12.2. The number of nitrogens with zero attached hydrogens (tertiary/aromatic N) is 1. The minimum absolute atomic E-state index is 0.0447. The van der Waals surface area contributed by atoms with Crippen molar-refractivity contribution in [2.75, 3.05) is 19.5 Å². The van der Waals surface area contributed by atoms with E-state index in [-0.39, 0.29) is 23.2 Å². The zero-order chi connectivity index (χ0) is 15.3. The number of hydrogen-bond acceptors (Lipinski definition) is 5. The molecule has 0 radical (unpaired) electrons. The molecule has 0 saturated carbocycles. The lowest BCUT2D eigenvalue weighted by Gasteiger charge is -2.21. The number of rotatable bonds is 6. The molecule has 0 aromatic heterocycles. The van der Waals surface area contributed by atoms with Crippen molar-refractivity contribution in [3.8, 4) is 0 Å². The average molecular weight is 281 g/mol. The van der Waals surface area contributed by atoms with Gasteiger partial charge in [0.05, 0.1) is 17.6 Å². The molecule has 1 aromatic rings. The van der Waals surface area contributed by atoms with E-state index in [2.05, 4.69) is 5.32 Å². The Bertz CT molecular complexity index is 502. The summed E-state index contributed by atoms with van der Waals surface area (Å²) in [6, 6.07) is 3.70. The van der Waals surface area contributed by atoms with Gasteiger partial charge in [0.15, 0.2) is 0 Å². The number of nitrogens with two attached hydrogens (primary N) is 1. The van der Waals surface area contributed by atoms with Gasteiger partial charge < -0.3 is 15.8 Å². The SMILES string of the molecule is COCC(NC(=O)c1cc(N)ccc1[N+](=O)[O-])C(C)C. The molecule has 1 atom stereocenters. The molecule has 0 bridgehead atoms. The lowest BCUT2D eigenvalue weighted by Crippen LogP contribution is -2.41. The first-order valence-corrected chi connectivity index (χ1v) is 6.20. The highest BCUT2D eigenvalue weighted by atomic mass is 16.6. The number of amides is 1. The van der Waals surface area contributed by atoms with Crippen molar-refractivity contribution < 1.29 is 14.5 Å². The van der Waals surface area contributed by atoms with Gasteiger partial charge in [-0.25, -0.2) is 0 Å². The molecule has 3 N–H and O–H groups in total. The topological polar surface area (TPSA) is 107 Å². The molecule has 0 aliphatic carbocycles. The summed E-state index contributed by atoms with van der Waals surface area (Å²) in [5.74, 6) is -0.390. The van der Waals surface area contributed by atoms with Crippen LogP contribution in [-0.4, -0.2) is 30.6 Å². The second kappa shape index (κ2) is 6.85. The second-order valence-electron chi connectivity index (χ2n) is 4.81. The van der Waals surface area contributed by atoms with E-state index < -0.39 is 10.8 Å². The van der Waals surface area contributed by atoms with E-state index in [1.165, 1.54) is 25.3 Å². The van der Waals surface area contributed by atoms with E-state index in [1.807, 2.05) is 13.8 Å². The molecular formula is C13H19N3O4. The summed E-state index contributed by atoms with van der Waals surface area (Å²) < 4.78 is 5.03. The maximum Gasteiger partial charge on any atom is 0.282 e. The van der Waals surface area contributed by atoms with Crippen molar-refractivity contribution in [3.05, 3.63) is 33.9 Å². The molecule has 7 nitrogen and oxygen atoms in total. The lowest BCUT2D eigenvalue weighted by molar-refractivity contribution is -0.385. The van der Waals surface area contributed by atoms with Crippen molar-refractivity contribution in [2.24, 2.45) is 5.92 Å². The summed E-state index contributed by atoms with van der Waals surface area (Å²) in [7, 11) is 1.53. The van der Waals surface area contributed by atoms with Crippen LogP contribution in [0.5, 0.6) is 0 Å². The second-order valence-corrected chi connectivity index (χ2v) is 4.81. The molecule has 0 spiro atoms. The number of methoxy groups -OCH3 is 1. The Morgan fingerprint density at radius 1 is 1.50 bits per heavy atom. The average Bonchev–Trinajstić information content (AvgIpc) is 2.37. The van der Waals surface area contributed by atoms with Gasteiger partial charge in [-0.3, -0.25) is 14.9 Å². The Hall–Kier alpha value is -2.15. The van der Waals surface area contributed by atoms with E-state index in [1.54, 1.807) is 0 Å². The highest BCUT2D eigenvalue weighted by Gasteiger charge is 2.23. The van der Waals surface area contributed by atoms with Crippen LogP contribution < -0.4 is 11.1 Å². The van der Waals surface area contributed by atoms with E-state index in [0.717, 1.165) is 0 Å². The number of anilines is 1. The quantitative estimate of drug-likeness (QED) is 0.467. The van der Waals surface area contributed by atoms with Crippen LogP contribution in [-0.2, 0) is 4.74 Å². The van der Waals surface area contributed by atoms with Crippen LogP contribution >= 0.6 is 0 Å². The molecule has 1 aromatic carbocycles. The predicted octanol–water partition coefficient (Wildman–Crippen LogP) is 1.58. The minimum atomic E-state index is -0.602. The Labute approximate surface area is 117 Å². The van der Waals surface area contributed by atoms with Crippen LogP contribution in [0.4, 0.5) is 11.4 Å². The summed E-state index contributed by atoms with van der Waals surface area (Å²) in [5.41, 5.74) is 5.58. The molecule has 20 heavy (non-hydrogen) atoms. The number of nitrogen functional groups attached to an aromatic ring is 1. The molecule has 7 heteroatoms. The number of nitro groups is 1. The lowest BCUT2D eigenvalue weighted by atomic mass is 10.0. The third-order valence-electron chi connectivity index (χ3n) is 2.93. The number of carbonyl (C=O) groups excluding carboxylic acids is 1. The van der Waals surface area contributed by atoms with Gasteiger partial charge in [0.25, 0.3) is 11.6 Å². The number of ether oxygens (including phenoxy) is 1. The van der Waals surface area contributed by atoms with Crippen LogP contribution in [0.2, 0.25) is 0 Å². The normalized spacial score (nSPS) is 12.2. The summed E-state index contributed by atoms with van der Waals surface area (Å²) >= 11 is 0. The number of carbonyl (C=O) groups is 1. The smallest absolute Gasteiger partial charge is 0.282 e. The van der Waals surface area contributed by atoms with Crippen LogP contribution in [0, 0.1) is 16.0 Å². The van der Waals surface area contributed by atoms with E-state index in [0.29, 0.717) is 12.3 Å². The summed E-state index contributed by atoms with van der Waals surface area (Å²) in [5, 5.41) is 13.7. The van der Waals surface area contributed by atoms with E-state index >= 15 is 0 Å². The molecule has 1 amide bonds. The van der Waals surface area contributed by atoms with Crippen LogP contribution in [0.25, 0.3) is 0 Å². The molecule has 0 fully saturated rings. The number of nitrogens with one attached hydrogen (secondary N) is 1. The van der Waals surface area contributed by atoms with Crippen LogP contribution in [0.1, 0.15) is 24.2 Å². The number of nitro benzene ring substituents is 1. The zero-order valence-corrected chi connectivity index (χ0v) is 11.8. The molecule has 0 aliphatic rings. The molecule has 110 valence electrons. The van der Waals surface area contributed by atoms with Crippen molar-refractivity contribution in [2.45, 2.75) is 19.9 Å². The molecule has 1 rings (SSSR count). The Morgan fingerprint density at radius 2 is 2.15 bits per heavy atom. The molecule has 1 unspecified atom stereocenters. The van der Waals surface area contributed by atoms with Crippen molar-refractivity contribution >= 4 is 17.3 Å². The molecular weight excluding hydrogens is 262 g/mol. The van der Waals surface area contributed by atoms with Crippen molar-refractivity contribution in [1.29, 1.82) is 0 Å². The standard InChI is InChI=1S/C13H19N3O4/c1-8(2)11(7-20-3)15-13(17)10-6-9(14)4-5-12(10)16(18)19/h4-6,8,11H,7,14H2,1-3H3,(H,15,17). The fraction of sp³-hybridized carbons (Fsp3) is 0.462. The number of benzene rings is 1. The summed E-state index contributed by atoms with van der Waals surface area (Å²) in [6.45, 7) is 4.19. The van der Waals surface area contributed by atoms with Gasteiger partial charge in [0.1, 0.15) is 5.56 Å².